The van der Waals surface area contributed by atoms with Gasteiger partial charge in [-0.15, -0.1) is 0 Å². The number of carbonyl (C=O) groups excluding carboxylic acids is 2. The SMILES string of the molecule is O=C(CCNc1ccccc1[N+](=O)[O-])OCC(=O)N1CCN(c2cccc(Cl)c2)CC1. The summed E-state index contributed by atoms with van der Waals surface area (Å²) < 4.78 is 5.06. The molecule has 1 aliphatic heterocycles. The number of esters is 1. The van der Waals surface area contributed by atoms with E-state index in [1.54, 1.807) is 23.1 Å². The fourth-order valence-corrected chi connectivity index (χ4v) is 3.46. The van der Waals surface area contributed by atoms with Crippen molar-refractivity contribution in [1.29, 1.82) is 0 Å². The van der Waals surface area contributed by atoms with Crippen molar-refractivity contribution < 1.29 is 19.2 Å². The van der Waals surface area contributed by atoms with E-state index in [9.17, 15) is 19.7 Å². The topological polar surface area (TPSA) is 105 Å². The third kappa shape index (κ3) is 6.32. The zero-order chi connectivity index (χ0) is 22.2. The second-order valence-corrected chi connectivity index (χ2v) is 7.40. The van der Waals surface area contributed by atoms with E-state index in [1.807, 2.05) is 24.3 Å². The van der Waals surface area contributed by atoms with Gasteiger partial charge in [0.25, 0.3) is 11.6 Å². The van der Waals surface area contributed by atoms with Crippen LogP contribution < -0.4 is 10.2 Å². The second kappa shape index (κ2) is 10.6. The highest BCUT2D eigenvalue weighted by Crippen LogP contribution is 2.23. The van der Waals surface area contributed by atoms with Crippen molar-refractivity contribution in [3.63, 3.8) is 0 Å². The molecule has 0 unspecified atom stereocenters. The molecule has 0 spiro atoms. The number of halogens is 1. The molecule has 1 fully saturated rings. The summed E-state index contributed by atoms with van der Waals surface area (Å²) in [6.45, 7) is 2.24. The average molecular weight is 447 g/mol. The van der Waals surface area contributed by atoms with Crippen molar-refractivity contribution in [1.82, 2.24) is 4.90 Å². The third-order valence-electron chi connectivity index (χ3n) is 4.91. The molecule has 2 aromatic carbocycles. The number of carbonyl (C=O) groups is 2. The zero-order valence-electron chi connectivity index (χ0n) is 16.8. The van der Waals surface area contributed by atoms with Crippen LogP contribution in [0.5, 0.6) is 0 Å². The van der Waals surface area contributed by atoms with Gasteiger partial charge in [-0.25, -0.2) is 0 Å². The van der Waals surface area contributed by atoms with Crippen LogP contribution in [-0.4, -0.2) is 61.0 Å². The molecule has 2 aromatic rings. The summed E-state index contributed by atoms with van der Waals surface area (Å²) >= 11 is 6.03. The van der Waals surface area contributed by atoms with E-state index < -0.39 is 10.9 Å². The molecular weight excluding hydrogens is 424 g/mol. The summed E-state index contributed by atoms with van der Waals surface area (Å²) in [5, 5.41) is 14.5. The van der Waals surface area contributed by atoms with Crippen LogP contribution >= 0.6 is 11.6 Å². The molecule has 1 amide bonds. The molecule has 164 valence electrons. The van der Waals surface area contributed by atoms with E-state index in [-0.39, 0.29) is 31.2 Å². The molecule has 0 aromatic heterocycles. The summed E-state index contributed by atoms with van der Waals surface area (Å²) in [4.78, 5) is 38.6. The Kier molecular flexibility index (Phi) is 7.66. The van der Waals surface area contributed by atoms with Crippen molar-refractivity contribution in [2.75, 3.05) is 49.5 Å². The van der Waals surface area contributed by atoms with Crippen LogP contribution in [0.25, 0.3) is 0 Å². The van der Waals surface area contributed by atoms with Crippen LogP contribution in [-0.2, 0) is 14.3 Å². The Hall–Kier alpha value is -3.33. The van der Waals surface area contributed by atoms with E-state index in [1.165, 1.54) is 6.07 Å². The van der Waals surface area contributed by atoms with Gasteiger partial charge in [0, 0.05) is 49.5 Å². The van der Waals surface area contributed by atoms with Crippen molar-refractivity contribution in [3.8, 4) is 0 Å². The Balaban J connectivity index is 1.37. The van der Waals surface area contributed by atoms with Crippen LogP contribution in [0.2, 0.25) is 5.02 Å². The molecule has 1 saturated heterocycles. The van der Waals surface area contributed by atoms with Gasteiger partial charge >= 0.3 is 5.97 Å². The quantitative estimate of drug-likeness (QED) is 0.377. The maximum atomic E-state index is 12.3. The largest absolute Gasteiger partial charge is 0.456 e. The van der Waals surface area contributed by atoms with Gasteiger partial charge in [-0.3, -0.25) is 19.7 Å². The highest BCUT2D eigenvalue weighted by molar-refractivity contribution is 6.30. The normalized spacial score (nSPS) is 13.6. The van der Waals surface area contributed by atoms with E-state index in [0.717, 1.165) is 5.69 Å². The second-order valence-electron chi connectivity index (χ2n) is 6.96. The van der Waals surface area contributed by atoms with Gasteiger partial charge in [0.05, 0.1) is 11.3 Å². The van der Waals surface area contributed by atoms with Gasteiger partial charge in [0.2, 0.25) is 0 Å². The average Bonchev–Trinajstić information content (AvgIpc) is 2.78. The first-order valence-corrected chi connectivity index (χ1v) is 10.2. The summed E-state index contributed by atoms with van der Waals surface area (Å²) in [7, 11) is 0. The first kappa shape index (κ1) is 22.4. The number of piperazine rings is 1. The Morgan fingerprint density at radius 3 is 2.55 bits per heavy atom. The van der Waals surface area contributed by atoms with E-state index in [4.69, 9.17) is 16.3 Å². The smallest absolute Gasteiger partial charge is 0.308 e. The Morgan fingerprint density at radius 2 is 1.84 bits per heavy atom. The third-order valence-corrected chi connectivity index (χ3v) is 5.14. The predicted molar refractivity (Wildman–Crippen MR) is 117 cm³/mol. The molecule has 1 heterocycles. The number of nitro benzene ring substituents is 1. The molecule has 10 heteroatoms. The molecule has 31 heavy (non-hydrogen) atoms. The Bertz CT molecular complexity index is 947. The monoisotopic (exact) mass is 446 g/mol. The Morgan fingerprint density at radius 1 is 1.10 bits per heavy atom. The molecular formula is C21H23ClN4O5. The number of nitrogens with one attached hydrogen (secondary N) is 1. The van der Waals surface area contributed by atoms with E-state index >= 15 is 0 Å². The minimum absolute atomic E-state index is 0.0120. The lowest BCUT2D eigenvalue weighted by atomic mass is 10.2. The van der Waals surface area contributed by atoms with Crippen LogP contribution in [0.4, 0.5) is 17.1 Å². The van der Waals surface area contributed by atoms with Gasteiger partial charge in [0.15, 0.2) is 6.61 Å². The van der Waals surface area contributed by atoms with Gasteiger partial charge in [-0.1, -0.05) is 29.8 Å². The first-order valence-electron chi connectivity index (χ1n) is 9.85. The minimum atomic E-state index is -0.544. The molecule has 9 nitrogen and oxygen atoms in total. The van der Waals surface area contributed by atoms with Crippen molar-refractivity contribution >= 4 is 40.5 Å². The Labute approximate surface area is 184 Å². The van der Waals surface area contributed by atoms with Crippen LogP contribution in [0.1, 0.15) is 6.42 Å². The van der Waals surface area contributed by atoms with Gasteiger partial charge in [0.1, 0.15) is 5.69 Å². The fraction of sp³-hybridized carbons (Fsp3) is 0.333. The van der Waals surface area contributed by atoms with Crippen LogP contribution in [0.3, 0.4) is 0 Å². The number of nitro groups is 1. The standard InChI is InChI=1S/C21H23ClN4O5/c22-16-4-3-5-17(14-16)24-10-12-25(13-11-24)20(27)15-31-21(28)8-9-23-18-6-1-2-7-19(18)26(29)30/h1-7,14,23H,8-13,15H2. The van der Waals surface area contributed by atoms with Crippen LogP contribution in [0.15, 0.2) is 48.5 Å². The van der Waals surface area contributed by atoms with Gasteiger partial charge < -0.3 is 19.9 Å². The predicted octanol–water partition coefficient (Wildman–Crippen LogP) is 2.94. The number of rotatable bonds is 8. The number of ether oxygens (including phenoxy) is 1. The van der Waals surface area contributed by atoms with Crippen molar-refractivity contribution in [2.24, 2.45) is 0 Å². The van der Waals surface area contributed by atoms with E-state index in [0.29, 0.717) is 36.9 Å². The lowest BCUT2D eigenvalue weighted by Crippen LogP contribution is -2.49. The zero-order valence-corrected chi connectivity index (χ0v) is 17.6. The number of para-hydroxylation sites is 2. The van der Waals surface area contributed by atoms with Crippen molar-refractivity contribution in [2.45, 2.75) is 6.42 Å². The van der Waals surface area contributed by atoms with Gasteiger partial charge in [-0.2, -0.15) is 0 Å². The molecule has 0 bridgehead atoms. The highest BCUT2D eigenvalue weighted by atomic mass is 35.5. The molecule has 0 atom stereocenters. The number of amides is 1. The number of anilines is 2. The van der Waals surface area contributed by atoms with E-state index in [2.05, 4.69) is 10.2 Å². The highest BCUT2D eigenvalue weighted by Gasteiger charge is 2.22. The molecule has 0 radical (unpaired) electrons. The minimum Gasteiger partial charge on any atom is -0.456 e. The maximum absolute atomic E-state index is 12.3. The first-order chi connectivity index (χ1) is 14.9. The molecule has 0 aliphatic carbocycles. The fourth-order valence-electron chi connectivity index (χ4n) is 3.27. The number of nitrogens with zero attached hydrogens (tertiary/aromatic N) is 3. The molecule has 1 N–H and O–H groups in total. The summed E-state index contributed by atoms with van der Waals surface area (Å²) in [5.41, 5.74) is 1.27. The molecule has 3 rings (SSSR count). The summed E-state index contributed by atoms with van der Waals surface area (Å²) in [6.07, 6.45) is -0.0120. The summed E-state index contributed by atoms with van der Waals surface area (Å²) in [5.74, 6) is -0.789. The van der Waals surface area contributed by atoms with Gasteiger partial charge in [-0.05, 0) is 24.3 Å². The summed E-state index contributed by atoms with van der Waals surface area (Å²) in [6, 6.07) is 13.7. The number of hydrogen-bond donors (Lipinski definition) is 1. The number of benzene rings is 2. The lowest BCUT2D eigenvalue weighted by Gasteiger charge is -2.36. The molecule has 0 saturated carbocycles. The maximum Gasteiger partial charge on any atom is 0.308 e. The lowest BCUT2D eigenvalue weighted by molar-refractivity contribution is -0.384. The number of hydrogen-bond acceptors (Lipinski definition) is 7. The van der Waals surface area contributed by atoms with Crippen LogP contribution in [0, 0.1) is 10.1 Å². The van der Waals surface area contributed by atoms with Crippen molar-refractivity contribution in [3.05, 3.63) is 63.7 Å². The molecule has 1 aliphatic rings.